The zero-order valence-corrected chi connectivity index (χ0v) is 8.54. The van der Waals surface area contributed by atoms with E-state index in [1.165, 1.54) is 11.9 Å². The van der Waals surface area contributed by atoms with Crippen LogP contribution in [0.4, 0.5) is 5.69 Å². The second-order valence-electron chi connectivity index (χ2n) is 2.81. The van der Waals surface area contributed by atoms with Crippen LogP contribution in [0.15, 0.2) is 24.3 Å². The molecule has 14 heavy (non-hydrogen) atoms. The van der Waals surface area contributed by atoms with E-state index in [1.54, 1.807) is 24.3 Å². The van der Waals surface area contributed by atoms with Gasteiger partial charge in [-0.05, 0) is 43.4 Å². The number of carbonyl (C=O) groups is 1. The van der Waals surface area contributed by atoms with Gasteiger partial charge in [0.15, 0.2) is 10.9 Å². The number of hydrogen-bond acceptors (Lipinski definition) is 3. The molecule has 0 unspecified atom stereocenters. The summed E-state index contributed by atoms with van der Waals surface area (Å²) < 4.78 is 0. The van der Waals surface area contributed by atoms with Crippen molar-refractivity contribution in [1.29, 1.82) is 0 Å². The third-order valence-corrected chi connectivity index (χ3v) is 1.99. The third kappa shape index (κ3) is 2.27. The summed E-state index contributed by atoms with van der Waals surface area (Å²) in [5.41, 5.74) is 6.62. The molecule has 74 valence electrons. The zero-order valence-electron chi connectivity index (χ0n) is 7.73. The molecule has 0 amide bonds. The summed E-state index contributed by atoms with van der Waals surface area (Å²) in [4.78, 5) is 11.0. The minimum Gasteiger partial charge on any atom is -0.375 e. The minimum atomic E-state index is 0.00967. The number of rotatable bonds is 2. The largest absolute Gasteiger partial charge is 0.375 e. The minimum absolute atomic E-state index is 0.00967. The average molecular weight is 209 g/mol. The lowest BCUT2D eigenvalue weighted by molar-refractivity contribution is 0.101. The Balaban J connectivity index is 2.94. The number of carbonyl (C=O) groups excluding carboxylic acids is 1. The standard InChI is InChI=1S/C9H11N3OS/c1-6(13)7-2-4-8(5-3-7)12(11)9(10)14/h2-5H,11H2,1H3,(H2,10,14). The third-order valence-electron chi connectivity index (χ3n) is 1.79. The molecule has 1 aromatic carbocycles. The Morgan fingerprint density at radius 3 is 2.21 bits per heavy atom. The predicted molar refractivity (Wildman–Crippen MR) is 59.9 cm³/mol. The normalized spacial score (nSPS) is 9.57. The molecule has 0 saturated carbocycles. The molecule has 0 bridgehead atoms. The highest BCUT2D eigenvalue weighted by molar-refractivity contribution is 7.80. The van der Waals surface area contributed by atoms with Gasteiger partial charge in [0.05, 0.1) is 5.69 Å². The molecule has 0 aliphatic heterocycles. The maximum Gasteiger partial charge on any atom is 0.185 e. The molecule has 0 fully saturated rings. The highest BCUT2D eigenvalue weighted by Gasteiger charge is 2.04. The van der Waals surface area contributed by atoms with Gasteiger partial charge in [-0.3, -0.25) is 9.80 Å². The molecule has 0 radical (unpaired) electrons. The number of anilines is 1. The van der Waals surface area contributed by atoms with Crippen LogP contribution in [0.2, 0.25) is 0 Å². The van der Waals surface area contributed by atoms with Crippen molar-refractivity contribution in [2.24, 2.45) is 11.6 Å². The highest BCUT2D eigenvalue weighted by Crippen LogP contribution is 2.12. The summed E-state index contributed by atoms with van der Waals surface area (Å²) in [5, 5.41) is 1.26. The Hall–Kier alpha value is -1.46. The van der Waals surface area contributed by atoms with Crippen molar-refractivity contribution < 1.29 is 4.79 Å². The molecule has 4 N–H and O–H groups in total. The molecule has 0 aliphatic carbocycles. The van der Waals surface area contributed by atoms with Gasteiger partial charge in [0.2, 0.25) is 0 Å². The van der Waals surface area contributed by atoms with E-state index >= 15 is 0 Å². The summed E-state index contributed by atoms with van der Waals surface area (Å²) >= 11 is 4.70. The quantitative estimate of drug-likeness (QED) is 0.326. The van der Waals surface area contributed by atoms with Crippen molar-refractivity contribution in [3.05, 3.63) is 29.8 Å². The van der Waals surface area contributed by atoms with E-state index in [1.807, 2.05) is 0 Å². The molecule has 0 aliphatic rings. The molecule has 1 rings (SSSR count). The van der Waals surface area contributed by atoms with Crippen LogP contribution in [0, 0.1) is 0 Å². The number of hydrazine groups is 1. The van der Waals surface area contributed by atoms with Gasteiger partial charge in [0.25, 0.3) is 0 Å². The molecule has 5 heteroatoms. The van der Waals surface area contributed by atoms with Gasteiger partial charge in [-0.25, -0.2) is 5.84 Å². The Kier molecular flexibility index (Phi) is 3.16. The van der Waals surface area contributed by atoms with E-state index in [-0.39, 0.29) is 10.9 Å². The molecule has 4 nitrogen and oxygen atoms in total. The number of nitrogens with zero attached hydrogens (tertiary/aromatic N) is 1. The predicted octanol–water partition coefficient (Wildman–Crippen LogP) is 0.813. The first-order valence-electron chi connectivity index (χ1n) is 3.97. The van der Waals surface area contributed by atoms with Gasteiger partial charge in [0.1, 0.15) is 0 Å². The van der Waals surface area contributed by atoms with Gasteiger partial charge >= 0.3 is 0 Å². The van der Waals surface area contributed by atoms with Crippen LogP contribution < -0.4 is 16.6 Å². The smallest absolute Gasteiger partial charge is 0.185 e. The van der Waals surface area contributed by atoms with Gasteiger partial charge in [0, 0.05) is 5.56 Å². The van der Waals surface area contributed by atoms with Crippen LogP contribution in [0.5, 0.6) is 0 Å². The molecular formula is C9H11N3OS. The van der Waals surface area contributed by atoms with Gasteiger partial charge in [-0.2, -0.15) is 0 Å². The van der Waals surface area contributed by atoms with Crippen molar-refractivity contribution in [1.82, 2.24) is 0 Å². The number of ketones is 1. The average Bonchev–Trinajstić information content (AvgIpc) is 2.16. The fourth-order valence-electron chi connectivity index (χ4n) is 0.984. The van der Waals surface area contributed by atoms with E-state index in [9.17, 15) is 4.79 Å². The van der Waals surface area contributed by atoms with Crippen molar-refractivity contribution in [2.45, 2.75) is 6.92 Å². The van der Waals surface area contributed by atoms with E-state index in [2.05, 4.69) is 0 Å². The maximum atomic E-state index is 11.0. The van der Waals surface area contributed by atoms with Crippen LogP contribution in [0.1, 0.15) is 17.3 Å². The van der Waals surface area contributed by atoms with Gasteiger partial charge in [-0.1, -0.05) is 0 Å². The van der Waals surface area contributed by atoms with E-state index in [4.69, 9.17) is 23.8 Å². The lowest BCUT2D eigenvalue weighted by Crippen LogP contribution is -2.41. The summed E-state index contributed by atoms with van der Waals surface area (Å²) in [6, 6.07) is 6.73. The molecule has 1 aromatic rings. The van der Waals surface area contributed by atoms with Crippen molar-refractivity contribution in [3.63, 3.8) is 0 Å². The SMILES string of the molecule is CC(=O)c1ccc(N(N)C(N)=S)cc1. The van der Waals surface area contributed by atoms with E-state index in [0.717, 1.165) is 0 Å². The lowest BCUT2D eigenvalue weighted by atomic mass is 10.1. The molecular weight excluding hydrogens is 198 g/mol. The zero-order chi connectivity index (χ0) is 10.7. The van der Waals surface area contributed by atoms with Crippen LogP contribution >= 0.6 is 12.2 Å². The van der Waals surface area contributed by atoms with Gasteiger partial charge < -0.3 is 5.73 Å². The van der Waals surface area contributed by atoms with Crippen LogP contribution in [-0.4, -0.2) is 10.9 Å². The molecule has 0 heterocycles. The first-order valence-corrected chi connectivity index (χ1v) is 4.38. The number of nitrogens with two attached hydrogens (primary N) is 2. The number of thiocarbonyl (C=S) groups is 1. The van der Waals surface area contributed by atoms with E-state index in [0.29, 0.717) is 11.3 Å². The summed E-state index contributed by atoms with van der Waals surface area (Å²) in [7, 11) is 0. The Labute approximate surface area is 87.5 Å². The first-order chi connectivity index (χ1) is 6.52. The molecule has 0 atom stereocenters. The second-order valence-corrected chi connectivity index (χ2v) is 3.23. The Bertz CT molecular complexity index is 361. The Morgan fingerprint density at radius 1 is 1.36 bits per heavy atom. The molecule has 0 spiro atoms. The fourth-order valence-corrected chi connectivity index (χ4v) is 1.09. The number of Topliss-reactive ketones (excluding diaryl/α,β-unsaturated/α-hetero) is 1. The van der Waals surface area contributed by atoms with Crippen molar-refractivity contribution in [3.8, 4) is 0 Å². The van der Waals surface area contributed by atoms with Crippen LogP contribution in [-0.2, 0) is 0 Å². The lowest BCUT2D eigenvalue weighted by Gasteiger charge is -2.15. The van der Waals surface area contributed by atoms with Crippen LogP contribution in [0.3, 0.4) is 0 Å². The van der Waals surface area contributed by atoms with Crippen molar-refractivity contribution >= 4 is 28.8 Å². The fraction of sp³-hybridized carbons (Fsp3) is 0.111. The van der Waals surface area contributed by atoms with Crippen molar-refractivity contribution in [2.75, 3.05) is 5.01 Å². The topological polar surface area (TPSA) is 72.3 Å². The van der Waals surface area contributed by atoms with E-state index < -0.39 is 0 Å². The Morgan fingerprint density at radius 2 is 1.86 bits per heavy atom. The maximum absolute atomic E-state index is 11.0. The molecule has 0 saturated heterocycles. The summed E-state index contributed by atoms with van der Waals surface area (Å²) in [6.45, 7) is 1.50. The summed E-state index contributed by atoms with van der Waals surface area (Å²) in [5.74, 6) is 5.56. The summed E-state index contributed by atoms with van der Waals surface area (Å²) in [6.07, 6.45) is 0. The van der Waals surface area contributed by atoms with Gasteiger partial charge in [-0.15, -0.1) is 0 Å². The molecule has 0 aromatic heterocycles. The first kappa shape index (κ1) is 10.6. The van der Waals surface area contributed by atoms with Crippen LogP contribution in [0.25, 0.3) is 0 Å². The highest BCUT2D eigenvalue weighted by atomic mass is 32.1. The number of benzene rings is 1. The second kappa shape index (κ2) is 4.17. The monoisotopic (exact) mass is 209 g/mol. The number of hydrogen-bond donors (Lipinski definition) is 2.